The van der Waals surface area contributed by atoms with Gasteiger partial charge in [0.25, 0.3) is 0 Å². The van der Waals surface area contributed by atoms with Gasteiger partial charge >= 0.3 is 5.97 Å². The lowest BCUT2D eigenvalue weighted by Crippen LogP contribution is -2.07. The van der Waals surface area contributed by atoms with E-state index in [1.54, 1.807) is 11.6 Å². The summed E-state index contributed by atoms with van der Waals surface area (Å²) in [6.07, 6.45) is 0. The van der Waals surface area contributed by atoms with Crippen molar-refractivity contribution in [3.05, 3.63) is 46.7 Å². The first-order valence-corrected chi connectivity index (χ1v) is 6.00. The fourth-order valence-electron chi connectivity index (χ4n) is 1.63. The summed E-state index contributed by atoms with van der Waals surface area (Å²) in [5.74, 6) is -0.500. The third kappa shape index (κ3) is 2.24. The molecular formula is C13H13ClN2O2. The predicted molar refractivity (Wildman–Crippen MR) is 69.3 cm³/mol. The van der Waals surface area contributed by atoms with Crippen LogP contribution in [0.25, 0.3) is 5.69 Å². The third-order valence-electron chi connectivity index (χ3n) is 2.51. The molecule has 0 spiro atoms. The summed E-state index contributed by atoms with van der Waals surface area (Å²) in [5.41, 5.74) is 1.72. The molecule has 5 heteroatoms. The first-order valence-electron chi connectivity index (χ1n) is 5.62. The van der Waals surface area contributed by atoms with Crippen LogP contribution in [0, 0.1) is 6.92 Å². The molecule has 0 bridgehead atoms. The van der Waals surface area contributed by atoms with Crippen LogP contribution in [0.1, 0.15) is 23.1 Å². The Morgan fingerprint density at radius 3 is 2.67 bits per heavy atom. The van der Waals surface area contributed by atoms with Crippen LogP contribution in [0.3, 0.4) is 0 Å². The SMILES string of the molecule is CCOC(=O)c1nn(-c2ccccc2)c(C)c1Cl. The van der Waals surface area contributed by atoms with E-state index in [9.17, 15) is 4.79 Å². The summed E-state index contributed by atoms with van der Waals surface area (Å²) >= 11 is 6.11. The van der Waals surface area contributed by atoms with Gasteiger partial charge in [0.2, 0.25) is 0 Å². The number of esters is 1. The summed E-state index contributed by atoms with van der Waals surface area (Å²) in [7, 11) is 0. The van der Waals surface area contributed by atoms with Gasteiger partial charge in [0, 0.05) is 0 Å². The molecule has 94 valence electrons. The highest BCUT2D eigenvalue weighted by Gasteiger charge is 2.20. The summed E-state index contributed by atoms with van der Waals surface area (Å²) in [4.78, 5) is 11.7. The Kier molecular flexibility index (Phi) is 3.67. The van der Waals surface area contributed by atoms with Crippen molar-refractivity contribution in [3.63, 3.8) is 0 Å². The van der Waals surface area contributed by atoms with Crippen LogP contribution in [0.15, 0.2) is 30.3 Å². The van der Waals surface area contributed by atoms with E-state index < -0.39 is 5.97 Å². The fourth-order valence-corrected chi connectivity index (χ4v) is 1.83. The molecule has 0 amide bonds. The lowest BCUT2D eigenvalue weighted by Gasteiger charge is -2.02. The van der Waals surface area contributed by atoms with Crippen LogP contribution in [-0.4, -0.2) is 22.4 Å². The molecule has 0 fully saturated rings. The topological polar surface area (TPSA) is 44.1 Å². The number of benzene rings is 1. The largest absolute Gasteiger partial charge is 0.461 e. The number of rotatable bonds is 3. The molecule has 0 aliphatic heterocycles. The van der Waals surface area contributed by atoms with E-state index in [4.69, 9.17) is 16.3 Å². The quantitative estimate of drug-likeness (QED) is 0.801. The molecule has 0 saturated heterocycles. The van der Waals surface area contributed by atoms with Crippen LogP contribution in [0.5, 0.6) is 0 Å². The van der Waals surface area contributed by atoms with Crippen LogP contribution in [-0.2, 0) is 4.74 Å². The van der Waals surface area contributed by atoms with E-state index in [0.29, 0.717) is 17.3 Å². The third-order valence-corrected chi connectivity index (χ3v) is 2.97. The summed E-state index contributed by atoms with van der Waals surface area (Å²) in [6.45, 7) is 3.85. The number of hydrogen-bond acceptors (Lipinski definition) is 3. The minimum atomic E-state index is -0.500. The normalized spacial score (nSPS) is 10.4. The van der Waals surface area contributed by atoms with E-state index in [0.717, 1.165) is 5.69 Å². The number of nitrogens with zero attached hydrogens (tertiary/aromatic N) is 2. The lowest BCUT2D eigenvalue weighted by molar-refractivity contribution is 0.0519. The Hall–Kier alpha value is -1.81. The molecule has 0 aliphatic carbocycles. The average molecular weight is 265 g/mol. The highest BCUT2D eigenvalue weighted by Crippen LogP contribution is 2.23. The molecule has 2 rings (SSSR count). The molecule has 2 aromatic rings. The Balaban J connectivity index is 2.46. The Morgan fingerprint density at radius 2 is 2.06 bits per heavy atom. The molecule has 1 heterocycles. The monoisotopic (exact) mass is 264 g/mol. The first-order chi connectivity index (χ1) is 8.65. The van der Waals surface area contributed by atoms with Gasteiger partial charge in [-0.2, -0.15) is 5.10 Å². The molecule has 0 aliphatic rings. The van der Waals surface area contributed by atoms with E-state index in [1.807, 2.05) is 37.3 Å². The van der Waals surface area contributed by atoms with Gasteiger partial charge in [-0.1, -0.05) is 29.8 Å². The maximum Gasteiger partial charge on any atom is 0.360 e. The highest BCUT2D eigenvalue weighted by atomic mass is 35.5. The van der Waals surface area contributed by atoms with Gasteiger partial charge in [0.05, 0.1) is 23.0 Å². The number of carbonyl (C=O) groups is 1. The second kappa shape index (κ2) is 5.23. The maximum absolute atomic E-state index is 11.7. The number of aromatic nitrogens is 2. The summed E-state index contributed by atoms with van der Waals surface area (Å²) < 4.78 is 6.55. The van der Waals surface area contributed by atoms with E-state index in [2.05, 4.69) is 5.10 Å². The molecular weight excluding hydrogens is 252 g/mol. The van der Waals surface area contributed by atoms with Gasteiger partial charge in [0.15, 0.2) is 5.69 Å². The molecule has 4 nitrogen and oxygen atoms in total. The van der Waals surface area contributed by atoms with Gasteiger partial charge in [-0.05, 0) is 26.0 Å². The van der Waals surface area contributed by atoms with Crippen molar-refractivity contribution in [2.45, 2.75) is 13.8 Å². The molecule has 0 saturated carbocycles. The molecule has 0 radical (unpaired) electrons. The van der Waals surface area contributed by atoms with Crippen molar-refractivity contribution < 1.29 is 9.53 Å². The van der Waals surface area contributed by atoms with Crippen LogP contribution < -0.4 is 0 Å². The Morgan fingerprint density at radius 1 is 1.39 bits per heavy atom. The zero-order valence-corrected chi connectivity index (χ0v) is 10.9. The van der Waals surface area contributed by atoms with Crippen molar-refractivity contribution in [2.24, 2.45) is 0 Å². The lowest BCUT2D eigenvalue weighted by atomic mass is 10.3. The van der Waals surface area contributed by atoms with Crippen molar-refractivity contribution in [2.75, 3.05) is 6.61 Å². The second-order valence-corrected chi connectivity index (χ2v) is 4.09. The first kappa shape index (κ1) is 12.6. The van der Waals surface area contributed by atoms with Gasteiger partial charge in [-0.25, -0.2) is 9.48 Å². The Bertz CT molecular complexity index is 564. The van der Waals surface area contributed by atoms with Crippen LogP contribution >= 0.6 is 11.6 Å². The fraction of sp³-hybridized carbons (Fsp3) is 0.231. The van der Waals surface area contributed by atoms with Gasteiger partial charge < -0.3 is 4.74 Å². The van der Waals surface area contributed by atoms with Crippen LogP contribution in [0.4, 0.5) is 0 Å². The highest BCUT2D eigenvalue weighted by molar-refractivity contribution is 6.34. The minimum absolute atomic E-state index is 0.153. The van der Waals surface area contributed by atoms with Crippen molar-refractivity contribution in [1.82, 2.24) is 9.78 Å². The molecule has 18 heavy (non-hydrogen) atoms. The van der Waals surface area contributed by atoms with E-state index >= 15 is 0 Å². The maximum atomic E-state index is 11.7. The smallest absolute Gasteiger partial charge is 0.360 e. The Labute approximate surface area is 110 Å². The molecule has 0 N–H and O–H groups in total. The standard InChI is InChI=1S/C13H13ClN2O2/c1-3-18-13(17)12-11(14)9(2)16(15-12)10-7-5-4-6-8-10/h4-8H,3H2,1-2H3. The number of halogens is 1. The van der Waals surface area contributed by atoms with Gasteiger partial charge in [-0.3, -0.25) is 0 Å². The second-order valence-electron chi connectivity index (χ2n) is 3.72. The summed E-state index contributed by atoms with van der Waals surface area (Å²) in [6, 6.07) is 9.50. The zero-order chi connectivity index (χ0) is 13.1. The number of hydrogen-bond donors (Lipinski definition) is 0. The average Bonchev–Trinajstić information content (AvgIpc) is 2.68. The predicted octanol–water partition coefficient (Wildman–Crippen LogP) is 3.01. The number of para-hydroxylation sites is 1. The number of carbonyl (C=O) groups excluding carboxylic acids is 1. The molecule has 0 unspecified atom stereocenters. The minimum Gasteiger partial charge on any atom is -0.461 e. The summed E-state index contributed by atoms with van der Waals surface area (Å²) in [5, 5.41) is 4.54. The number of ether oxygens (including phenoxy) is 1. The van der Waals surface area contributed by atoms with Gasteiger partial charge in [-0.15, -0.1) is 0 Å². The van der Waals surface area contributed by atoms with Crippen LogP contribution in [0.2, 0.25) is 5.02 Å². The molecule has 1 aromatic heterocycles. The van der Waals surface area contributed by atoms with E-state index in [1.165, 1.54) is 0 Å². The molecule has 1 aromatic carbocycles. The molecule has 0 atom stereocenters. The van der Waals surface area contributed by atoms with Gasteiger partial charge in [0.1, 0.15) is 0 Å². The van der Waals surface area contributed by atoms with E-state index in [-0.39, 0.29) is 5.69 Å². The zero-order valence-electron chi connectivity index (χ0n) is 10.2. The van der Waals surface area contributed by atoms with Crippen molar-refractivity contribution in [1.29, 1.82) is 0 Å². The van der Waals surface area contributed by atoms with Crippen molar-refractivity contribution in [3.8, 4) is 5.69 Å². The van der Waals surface area contributed by atoms with Crippen molar-refractivity contribution >= 4 is 17.6 Å².